The van der Waals surface area contributed by atoms with Crippen LogP contribution in [0.4, 0.5) is 0 Å². The second-order valence-electron chi connectivity index (χ2n) is 6.28. The molecule has 10 atom stereocenters. The van der Waals surface area contributed by atoms with Crippen molar-refractivity contribution >= 4 is 5.97 Å². The minimum Gasteiger partial charge on any atom is -0.479 e. The number of aliphatic hydroxyl groups excluding tert-OH is 6. The van der Waals surface area contributed by atoms with Gasteiger partial charge in [-0.1, -0.05) is 0 Å². The van der Waals surface area contributed by atoms with Crippen LogP contribution in [0.2, 0.25) is 0 Å². The van der Waals surface area contributed by atoms with Gasteiger partial charge in [-0.05, 0) is 7.05 Å². The van der Waals surface area contributed by atoms with Crippen LogP contribution < -0.4 is 5.32 Å². The standard InChI is InChI=1S/C14H25NO11/c1-15-6-4(7(17)5(2-16)25-13(6)23)3-24-14-10(20)8(18)9(19)11(26-14)12(21)22/h4-11,13-20,23H,2-3H2,1H3,(H,21,22)/t4-,5?,6?,7-,8+,9-,10?,11?,13+,14+/m0/s1. The van der Waals surface area contributed by atoms with Crippen LogP contribution >= 0.6 is 0 Å². The Hall–Kier alpha value is -0.930. The van der Waals surface area contributed by atoms with Gasteiger partial charge in [0.15, 0.2) is 18.7 Å². The largest absolute Gasteiger partial charge is 0.479 e. The quantitative estimate of drug-likeness (QED) is 0.218. The molecule has 26 heavy (non-hydrogen) atoms. The van der Waals surface area contributed by atoms with Gasteiger partial charge in [0, 0.05) is 5.92 Å². The number of carbonyl (C=O) groups is 1. The van der Waals surface area contributed by atoms with Crippen LogP contribution in [-0.4, -0.2) is 117 Å². The number of ether oxygens (including phenoxy) is 3. The number of nitrogens with one attached hydrogen (secondary N) is 1. The Morgan fingerprint density at radius 2 is 1.69 bits per heavy atom. The number of carboxylic acids is 1. The molecule has 0 saturated carbocycles. The smallest absolute Gasteiger partial charge is 0.335 e. The molecule has 2 fully saturated rings. The van der Waals surface area contributed by atoms with Gasteiger partial charge >= 0.3 is 5.97 Å². The number of hydrogen-bond donors (Lipinski definition) is 8. The van der Waals surface area contributed by atoms with E-state index in [1.54, 1.807) is 0 Å². The van der Waals surface area contributed by atoms with Gasteiger partial charge in [-0.15, -0.1) is 0 Å². The van der Waals surface area contributed by atoms with E-state index in [4.69, 9.17) is 19.3 Å². The van der Waals surface area contributed by atoms with Gasteiger partial charge in [-0.2, -0.15) is 0 Å². The van der Waals surface area contributed by atoms with Crippen LogP contribution in [0.15, 0.2) is 0 Å². The second kappa shape index (κ2) is 8.84. The molecule has 2 aliphatic heterocycles. The Labute approximate surface area is 148 Å². The Bertz CT molecular complexity index is 480. The zero-order chi connectivity index (χ0) is 19.6. The normalized spacial score (nSPS) is 46.9. The van der Waals surface area contributed by atoms with Crippen LogP contribution in [0, 0.1) is 5.92 Å². The number of aliphatic carboxylic acids is 1. The van der Waals surface area contributed by atoms with E-state index < -0.39 is 73.7 Å². The number of likely N-dealkylation sites (N-methyl/N-ethyl adjacent to an activating group) is 1. The van der Waals surface area contributed by atoms with E-state index in [1.807, 2.05) is 0 Å². The molecule has 2 heterocycles. The molecule has 12 nitrogen and oxygen atoms in total. The van der Waals surface area contributed by atoms with E-state index >= 15 is 0 Å². The lowest BCUT2D eigenvalue weighted by atomic mass is 9.88. The second-order valence-corrected chi connectivity index (χ2v) is 6.28. The Kier molecular flexibility index (Phi) is 7.27. The summed E-state index contributed by atoms with van der Waals surface area (Å²) in [5.41, 5.74) is 0. The van der Waals surface area contributed by atoms with Crippen molar-refractivity contribution in [1.29, 1.82) is 0 Å². The molecule has 0 amide bonds. The summed E-state index contributed by atoms with van der Waals surface area (Å²) in [6, 6.07) is -0.792. The summed E-state index contributed by atoms with van der Waals surface area (Å²) in [6.07, 6.45) is -12.5. The van der Waals surface area contributed by atoms with Gasteiger partial charge in [0.05, 0.1) is 25.4 Å². The van der Waals surface area contributed by atoms with Crippen molar-refractivity contribution in [3.8, 4) is 0 Å². The zero-order valence-electron chi connectivity index (χ0n) is 14.0. The lowest BCUT2D eigenvalue weighted by Crippen LogP contribution is -2.63. The molecule has 0 radical (unpaired) electrons. The fraction of sp³-hybridized carbons (Fsp3) is 0.929. The van der Waals surface area contributed by atoms with Crippen LogP contribution in [0.1, 0.15) is 0 Å². The lowest BCUT2D eigenvalue weighted by Gasteiger charge is -2.44. The van der Waals surface area contributed by atoms with Crippen molar-refractivity contribution in [2.24, 2.45) is 5.92 Å². The fourth-order valence-electron chi connectivity index (χ4n) is 3.15. The number of hydrogen-bond acceptors (Lipinski definition) is 11. The molecule has 12 heteroatoms. The number of rotatable bonds is 6. The molecule has 0 aromatic heterocycles. The SMILES string of the molecule is CNC1[C@H](O)OC(CO)[C@@H](O)[C@H]1CO[C@@H]1OC(C(=O)O)[C@@H](O)[C@@H](O)C1O. The molecule has 2 rings (SSSR count). The Balaban J connectivity index is 2.07. The summed E-state index contributed by atoms with van der Waals surface area (Å²) in [4.78, 5) is 11.1. The molecule has 0 aliphatic carbocycles. The molecule has 0 aromatic carbocycles. The van der Waals surface area contributed by atoms with Crippen LogP contribution in [-0.2, 0) is 19.0 Å². The van der Waals surface area contributed by atoms with Gasteiger partial charge in [0.25, 0.3) is 0 Å². The van der Waals surface area contributed by atoms with Crippen molar-refractivity contribution < 1.29 is 54.8 Å². The van der Waals surface area contributed by atoms with Gasteiger partial charge in [-0.3, -0.25) is 0 Å². The molecule has 0 spiro atoms. The average molecular weight is 383 g/mol. The number of aliphatic hydroxyl groups is 6. The highest BCUT2D eigenvalue weighted by molar-refractivity contribution is 5.73. The van der Waals surface area contributed by atoms with E-state index in [9.17, 15) is 35.4 Å². The topological polar surface area (TPSA) is 198 Å². The molecule has 8 N–H and O–H groups in total. The van der Waals surface area contributed by atoms with Gasteiger partial charge in [0.2, 0.25) is 0 Å². The first-order chi connectivity index (χ1) is 12.2. The predicted molar refractivity (Wildman–Crippen MR) is 80.6 cm³/mol. The summed E-state index contributed by atoms with van der Waals surface area (Å²) < 4.78 is 15.4. The highest BCUT2D eigenvalue weighted by Crippen LogP contribution is 2.28. The van der Waals surface area contributed by atoms with Crippen molar-refractivity contribution in [2.45, 2.75) is 55.2 Å². The van der Waals surface area contributed by atoms with Crippen LogP contribution in [0.5, 0.6) is 0 Å². The van der Waals surface area contributed by atoms with E-state index in [2.05, 4.69) is 5.32 Å². The third kappa shape index (κ3) is 4.14. The maximum atomic E-state index is 11.1. The summed E-state index contributed by atoms with van der Waals surface area (Å²) in [7, 11) is 1.50. The zero-order valence-corrected chi connectivity index (χ0v) is 14.0. The van der Waals surface area contributed by atoms with E-state index in [0.29, 0.717) is 0 Å². The molecule has 152 valence electrons. The minimum absolute atomic E-state index is 0.333. The molecule has 2 aliphatic rings. The van der Waals surface area contributed by atoms with Crippen molar-refractivity contribution in [1.82, 2.24) is 5.32 Å². The molecule has 0 bridgehead atoms. The molecule has 0 aromatic rings. The van der Waals surface area contributed by atoms with E-state index in [-0.39, 0.29) is 6.61 Å². The predicted octanol–water partition coefficient (Wildman–Crippen LogP) is -4.83. The van der Waals surface area contributed by atoms with Crippen LogP contribution in [0.3, 0.4) is 0 Å². The minimum atomic E-state index is -1.85. The first kappa shape index (κ1) is 21.4. The molecular weight excluding hydrogens is 358 g/mol. The average Bonchev–Trinajstić information content (AvgIpc) is 2.60. The highest BCUT2D eigenvalue weighted by Gasteiger charge is 2.49. The first-order valence-corrected chi connectivity index (χ1v) is 8.06. The molecule has 2 saturated heterocycles. The van der Waals surface area contributed by atoms with Crippen molar-refractivity contribution in [3.05, 3.63) is 0 Å². The van der Waals surface area contributed by atoms with Gasteiger partial charge < -0.3 is 55.3 Å². The fourth-order valence-corrected chi connectivity index (χ4v) is 3.15. The van der Waals surface area contributed by atoms with Crippen molar-refractivity contribution in [3.63, 3.8) is 0 Å². The molecular formula is C14H25NO11. The maximum absolute atomic E-state index is 11.1. The summed E-state index contributed by atoms with van der Waals surface area (Å²) in [5, 5.41) is 70.5. The van der Waals surface area contributed by atoms with Gasteiger partial charge in [0.1, 0.15) is 24.4 Å². The highest BCUT2D eigenvalue weighted by atomic mass is 16.7. The monoisotopic (exact) mass is 383 g/mol. The van der Waals surface area contributed by atoms with E-state index in [1.165, 1.54) is 7.05 Å². The Morgan fingerprint density at radius 1 is 1.04 bits per heavy atom. The third-order valence-electron chi connectivity index (χ3n) is 4.68. The van der Waals surface area contributed by atoms with Gasteiger partial charge in [-0.25, -0.2) is 4.79 Å². The summed E-state index contributed by atoms with van der Waals surface area (Å²) >= 11 is 0. The maximum Gasteiger partial charge on any atom is 0.335 e. The molecule has 4 unspecified atom stereocenters. The third-order valence-corrected chi connectivity index (χ3v) is 4.68. The van der Waals surface area contributed by atoms with E-state index in [0.717, 1.165) is 0 Å². The lowest BCUT2D eigenvalue weighted by molar-refractivity contribution is -0.305. The summed E-state index contributed by atoms with van der Waals surface area (Å²) in [6.45, 7) is -0.889. The van der Waals surface area contributed by atoms with Crippen molar-refractivity contribution in [2.75, 3.05) is 20.3 Å². The first-order valence-electron chi connectivity index (χ1n) is 8.06. The summed E-state index contributed by atoms with van der Waals surface area (Å²) in [5.74, 6) is -2.36. The number of carboxylic acid groups (broad SMARTS) is 1. The van der Waals surface area contributed by atoms with Crippen LogP contribution in [0.25, 0.3) is 0 Å². The Morgan fingerprint density at radius 3 is 2.23 bits per heavy atom.